The van der Waals surface area contributed by atoms with Crippen molar-refractivity contribution >= 4 is 28.8 Å². The maximum atomic E-state index is 5.83. The normalized spacial score (nSPS) is 10.4. The molecule has 2 aromatic heterocycles. The quantitative estimate of drug-likeness (QED) is 0.787. The Kier molecular flexibility index (Phi) is 3.41. The highest BCUT2D eigenvalue weighted by Crippen LogP contribution is 2.17. The summed E-state index contributed by atoms with van der Waals surface area (Å²) >= 11 is 7.53. The third kappa shape index (κ3) is 2.71. The first-order valence-corrected chi connectivity index (χ1v) is 6.20. The Hall–Kier alpha value is -1.13. The standard InChI is InChI=1S/C11H12ClN3S/c1-8-5-10(14-11(12)13-8)15(2)6-9-3-4-16-7-9/h3-5,7H,6H2,1-2H3. The highest BCUT2D eigenvalue weighted by molar-refractivity contribution is 7.07. The van der Waals surface area contributed by atoms with Gasteiger partial charge in [-0.15, -0.1) is 0 Å². The van der Waals surface area contributed by atoms with Crippen molar-refractivity contribution in [3.8, 4) is 0 Å². The summed E-state index contributed by atoms with van der Waals surface area (Å²) in [6, 6.07) is 4.04. The van der Waals surface area contributed by atoms with Gasteiger partial charge in [-0.2, -0.15) is 11.3 Å². The average Bonchev–Trinajstić information content (AvgIpc) is 2.68. The van der Waals surface area contributed by atoms with E-state index in [4.69, 9.17) is 11.6 Å². The summed E-state index contributed by atoms with van der Waals surface area (Å²) in [7, 11) is 2.00. The fourth-order valence-corrected chi connectivity index (χ4v) is 2.33. The summed E-state index contributed by atoms with van der Waals surface area (Å²) in [6.07, 6.45) is 0. The van der Waals surface area contributed by atoms with Crippen molar-refractivity contribution in [1.82, 2.24) is 9.97 Å². The zero-order valence-electron chi connectivity index (χ0n) is 9.14. The second kappa shape index (κ2) is 4.80. The fraction of sp³-hybridized carbons (Fsp3) is 0.273. The lowest BCUT2D eigenvalue weighted by Crippen LogP contribution is -2.17. The van der Waals surface area contributed by atoms with Crippen LogP contribution in [-0.4, -0.2) is 17.0 Å². The van der Waals surface area contributed by atoms with Crippen LogP contribution in [0, 0.1) is 6.92 Å². The van der Waals surface area contributed by atoms with Gasteiger partial charge in [0.1, 0.15) is 5.82 Å². The zero-order valence-corrected chi connectivity index (χ0v) is 10.7. The summed E-state index contributed by atoms with van der Waals surface area (Å²) in [5, 5.41) is 4.50. The van der Waals surface area contributed by atoms with Gasteiger partial charge in [-0.3, -0.25) is 0 Å². The van der Waals surface area contributed by atoms with E-state index >= 15 is 0 Å². The van der Waals surface area contributed by atoms with Crippen LogP contribution in [0.3, 0.4) is 0 Å². The van der Waals surface area contributed by atoms with Gasteiger partial charge in [0, 0.05) is 25.4 Å². The van der Waals surface area contributed by atoms with Crippen LogP contribution < -0.4 is 4.90 Å². The molecule has 84 valence electrons. The van der Waals surface area contributed by atoms with Gasteiger partial charge in [0.15, 0.2) is 0 Å². The van der Waals surface area contributed by atoms with Crippen LogP contribution in [0.2, 0.25) is 5.28 Å². The first-order chi connectivity index (χ1) is 7.65. The number of thiophene rings is 1. The molecule has 0 saturated carbocycles. The highest BCUT2D eigenvalue weighted by Gasteiger charge is 2.06. The Morgan fingerprint density at radius 1 is 1.44 bits per heavy atom. The molecule has 2 aromatic rings. The molecule has 3 nitrogen and oxygen atoms in total. The van der Waals surface area contributed by atoms with E-state index in [9.17, 15) is 0 Å². The molecule has 0 bridgehead atoms. The second-order valence-corrected chi connectivity index (χ2v) is 4.74. The van der Waals surface area contributed by atoms with Crippen LogP contribution in [0.4, 0.5) is 5.82 Å². The van der Waals surface area contributed by atoms with Crippen molar-refractivity contribution in [3.05, 3.63) is 39.4 Å². The van der Waals surface area contributed by atoms with Gasteiger partial charge in [0.05, 0.1) is 0 Å². The molecule has 0 aliphatic heterocycles. The Morgan fingerprint density at radius 3 is 2.88 bits per heavy atom. The summed E-state index contributed by atoms with van der Waals surface area (Å²) in [5.74, 6) is 0.851. The second-order valence-electron chi connectivity index (χ2n) is 3.62. The maximum Gasteiger partial charge on any atom is 0.224 e. The summed E-state index contributed by atoms with van der Waals surface area (Å²) in [6.45, 7) is 2.74. The van der Waals surface area contributed by atoms with Gasteiger partial charge in [-0.1, -0.05) is 0 Å². The molecule has 0 fully saturated rings. The lowest BCUT2D eigenvalue weighted by Gasteiger charge is -2.17. The predicted octanol–water partition coefficient (Wildman–Crippen LogP) is 3.14. The van der Waals surface area contributed by atoms with Crippen LogP contribution in [0.15, 0.2) is 22.9 Å². The van der Waals surface area contributed by atoms with E-state index in [1.807, 2.05) is 20.0 Å². The molecular weight excluding hydrogens is 242 g/mol. The Bertz CT molecular complexity index is 450. The molecule has 2 rings (SSSR count). The van der Waals surface area contributed by atoms with Crippen molar-refractivity contribution in [3.63, 3.8) is 0 Å². The lowest BCUT2D eigenvalue weighted by atomic mass is 10.3. The van der Waals surface area contributed by atoms with Gasteiger partial charge in [-0.25, -0.2) is 9.97 Å². The van der Waals surface area contributed by atoms with E-state index in [0.717, 1.165) is 18.1 Å². The van der Waals surface area contributed by atoms with Crippen LogP contribution in [-0.2, 0) is 6.54 Å². The fourth-order valence-electron chi connectivity index (χ4n) is 1.45. The largest absolute Gasteiger partial charge is 0.355 e. The topological polar surface area (TPSA) is 29.0 Å². The van der Waals surface area contributed by atoms with E-state index in [0.29, 0.717) is 5.28 Å². The summed E-state index contributed by atoms with van der Waals surface area (Å²) in [5.41, 5.74) is 2.16. The Morgan fingerprint density at radius 2 is 2.25 bits per heavy atom. The maximum absolute atomic E-state index is 5.83. The van der Waals surface area contributed by atoms with E-state index in [1.165, 1.54) is 5.56 Å². The van der Waals surface area contributed by atoms with E-state index in [-0.39, 0.29) is 0 Å². The molecule has 0 aliphatic carbocycles. The molecule has 2 heterocycles. The molecule has 0 amide bonds. The van der Waals surface area contributed by atoms with Crippen LogP contribution in [0.25, 0.3) is 0 Å². The monoisotopic (exact) mass is 253 g/mol. The lowest BCUT2D eigenvalue weighted by molar-refractivity contribution is 0.890. The molecule has 0 saturated heterocycles. The molecule has 0 aromatic carbocycles. The van der Waals surface area contributed by atoms with Crippen molar-refractivity contribution in [2.45, 2.75) is 13.5 Å². The first kappa shape index (κ1) is 11.4. The van der Waals surface area contributed by atoms with Crippen LogP contribution >= 0.6 is 22.9 Å². The van der Waals surface area contributed by atoms with E-state index in [2.05, 4.69) is 31.7 Å². The highest BCUT2D eigenvalue weighted by atomic mass is 35.5. The molecule has 0 spiro atoms. The minimum atomic E-state index is 0.298. The van der Waals surface area contributed by atoms with Crippen molar-refractivity contribution < 1.29 is 0 Å². The number of hydrogen-bond donors (Lipinski definition) is 0. The zero-order chi connectivity index (χ0) is 11.5. The molecule has 16 heavy (non-hydrogen) atoms. The Labute approximate surface area is 104 Å². The third-order valence-corrected chi connectivity index (χ3v) is 3.11. The molecule has 0 N–H and O–H groups in total. The SMILES string of the molecule is Cc1cc(N(C)Cc2ccsc2)nc(Cl)n1. The van der Waals surface area contributed by atoms with Crippen molar-refractivity contribution in [2.75, 3.05) is 11.9 Å². The number of aryl methyl sites for hydroxylation is 1. The third-order valence-electron chi connectivity index (χ3n) is 2.20. The average molecular weight is 254 g/mol. The van der Waals surface area contributed by atoms with Gasteiger partial charge >= 0.3 is 0 Å². The summed E-state index contributed by atoms with van der Waals surface area (Å²) in [4.78, 5) is 10.3. The number of halogens is 1. The van der Waals surface area contributed by atoms with Gasteiger partial charge in [0.2, 0.25) is 5.28 Å². The number of anilines is 1. The molecular formula is C11H12ClN3S. The smallest absolute Gasteiger partial charge is 0.224 e. The number of aromatic nitrogens is 2. The summed E-state index contributed by atoms with van der Waals surface area (Å²) < 4.78 is 0. The minimum absolute atomic E-state index is 0.298. The number of hydrogen-bond acceptors (Lipinski definition) is 4. The van der Waals surface area contributed by atoms with Gasteiger partial charge in [0.25, 0.3) is 0 Å². The molecule has 0 atom stereocenters. The Balaban J connectivity index is 2.17. The predicted molar refractivity (Wildman–Crippen MR) is 68.2 cm³/mol. The van der Waals surface area contributed by atoms with E-state index in [1.54, 1.807) is 11.3 Å². The van der Waals surface area contributed by atoms with E-state index < -0.39 is 0 Å². The molecule has 5 heteroatoms. The molecule has 0 aliphatic rings. The molecule has 0 radical (unpaired) electrons. The van der Waals surface area contributed by atoms with Gasteiger partial charge < -0.3 is 4.90 Å². The number of rotatable bonds is 3. The van der Waals surface area contributed by atoms with Gasteiger partial charge in [-0.05, 0) is 40.9 Å². The van der Waals surface area contributed by atoms with Crippen LogP contribution in [0.1, 0.15) is 11.3 Å². The first-order valence-electron chi connectivity index (χ1n) is 4.88. The van der Waals surface area contributed by atoms with Crippen molar-refractivity contribution in [1.29, 1.82) is 0 Å². The van der Waals surface area contributed by atoms with Crippen LogP contribution in [0.5, 0.6) is 0 Å². The molecule has 0 unspecified atom stereocenters. The number of nitrogens with zero attached hydrogens (tertiary/aromatic N) is 3. The van der Waals surface area contributed by atoms with Crippen molar-refractivity contribution in [2.24, 2.45) is 0 Å². The minimum Gasteiger partial charge on any atom is -0.355 e.